The van der Waals surface area contributed by atoms with E-state index in [9.17, 15) is 14.7 Å². The molecule has 0 aliphatic carbocycles. The summed E-state index contributed by atoms with van der Waals surface area (Å²) in [4.78, 5) is 24.4. The fourth-order valence-corrected chi connectivity index (χ4v) is 6.94. The lowest BCUT2D eigenvalue weighted by Crippen LogP contribution is -2.28. The molecule has 57 heavy (non-hydrogen) atoms. The summed E-state index contributed by atoms with van der Waals surface area (Å²) in [6, 6.07) is 0. The highest BCUT2D eigenvalue weighted by Gasteiger charge is 2.16. The molecule has 1 unspecified atom stereocenters. The molecule has 0 rings (SSSR count). The molecule has 0 aromatic rings. The Morgan fingerprint density at radius 3 is 1.14 bits per heavy atom. The van der Waals surface area contributed by atoms with E-state index in [1.165, 1.54) is 141 Å². The number of carbonyl (C=O) groups is 2. The molecule has 0 bridgehead atoms. The molecule has 0 heterocycles. The normalized spacial score (nSPS) is 12.7. The lowest BCUT2D eigenvalue weighted by molar-refractivity contribution is -0.161. The molecule has 1 atom stereocenters. The van der Waals surface area contributed by atoms with E-state index < -0.39 is 6.10 Å². The molecule has 0 aliphatic heterocycles. The molecule has 0 spiro atoms. The third-order valence-corrected chi connectivity index (χ3v) is 10.6. The minimum atomic E-state index is -0.773. The van der Waals surface area contributed by atoms with Crippen LogP contribution in [0.15, 0.2) is 60.8 Å². The maximum atomic E-state index is 12.3. The summed E-state index contributed by atoms with van der Waals surface area (Å²) >= 11 is 0. The zero-order valence-corrected chi connectivity index (χ0v) is 37.6. The minimum Gasteiger partial charge on any atom is -0.462 e. The number of hydrogen-bond donors (Lipinski definition) is 1. The Bertz CT molecular complexity index is 992. The lowest BCUT2D eigenvalue weighted by atomic mass is 10.0. The summed E-state index contributed by atoms with van der Waals surface area (Å²) in [7, 11) is 0. The summed E-state index contributed by atoms with van der Waals surface area (Å²) in [6.45, 7) is 4.04. The van der Waals surface area contributed by atoms with Crippen LogP contribution in [-0.2, 0) is 19.1 Å². The van der Waals surface area contributed by atoms with E-state index in [-0.39, 0.29) is 25.2 Å². The Morgan fingerprint density at radius 1 is 0.421 bits per heavy atom. The average Bonchev–Trinajstić information content (AvgIpc) is 3.21. The molecule has 0 aromatic heterocycles. The van der Waals surface area contributed by atoms with Crippen molar-refractivity contribution in [3.8, 4) is 0 Å². The van der Waals surface area contributed by atoms with Crippen LogP contribution < -0.4 is 0 Å². The van der Waals surface area contributed by atoms with Gasteiger partial charge in [0.15, 0.2) is 6.10 Å². The lowest BCUT2D eigenvalue weighted by Gasteiger charge is -2.15. The van der Waals surface area contributed by atoms with E-state index >= 15 is 0 Å². The number of carbonyl (C=O) groups excluding carboxylic acids is 2. The number of hydrogen-bond acceptors (Lipinski definition) is 5. The average molecular weight is 797 g/mol. The van der Waals surface area contributed by atoms with Crippen LogP contribution in [0.3, 0.4) is 0 Å². The van der Waals surface area contributed by atoms with Gasteiger partial charge in [-0.3, -0.25) is 9.59 Å². The summed E-state index contributed by atoms with van der Waals surface area (Å²) in [5.41, 5.74) is 0. The van der Waals surface area contributed by atoms with Crippen LogP contribution in [0, 0.1) is 0 Å². The second kappa shape index (κ2) is 48.0. The van der Waals surface area contributed by atoms with Gasteiger partial charge in [0.1, 0.15) is 6.61 Å². The van der Waals surface area contributed by atoms with Gasteiger partial charge in [0.05, 0.1) is 6.61 Å². The Balaban J connectivity index is 3.51. The zero-order chi connectivity index (χ0) is 41.4. The molecule has 0 radical (unpaired) electrons. The van der Waals surface area contributed by atoms with Crippen molar-refractivity contribution in [3.63, 3.8) is 0 Å². The van der Waals surface area contributed by atoms with Gasteiger partial charge >= 0.3 is 11.9 Å². The number of aliphatic hydroxyl groups excluding tert-OH is 1. The van der Waals surface area contributed by atoms with Gasteiger partial charge < -0.3 is 14.6 Å². The van der Waals surface area contributed by atoms with Crippen molar-refractivity contribution in [2.75, 3.05) is 13.2 Å². The number of rotatable bonds is 44. The van der Waals surface area contributed by atoms with Gasteiger partial charge in [0, 0.05) is 12.8 Å². The first kappa shape index (κ1) is 54.6. The quantitative estimate of drug-likeness (QED) is 0.0378. The van der Waals surface area contributed by atoms with Gasteiger partial charge in [0.25, 0.3) is 0 Å². The number of allylic oxidation sites excluding steroid dienone is 10. The topological polar surface area (TPSA) is 72.8 Å². The van der Waals surface area contributed by atoms with Crippen molar-refractivity contribution in [3.05, 3.63) is 60.8 Å². The maximum Gasteiger partial charge on any atom is 0.306 e. The molecule has 5 heteroatoms. The Hall–Kier alpha value is -2.40. The van der Waals surface area contributed by atoms with E-state index in [4.69, 9.17) is 9.47 Å². The van der Waals surface area contributed by atoms with Crippen molar-refractivity contribution in [1.82, 2.24) is 0 Å². The molecule has 5 nitrogen and oxygen atoms in total. The summed E-state index contributed by atoms with van der Waals surface area (Å²) in [6.07, 6.45) is 63.0. The smallest absolute Gasteiger partial charge is 0.306 e. The number of unbranched alkanes of at least 4 members (excludes halogenated alkanes) is 26. The molecule has 0 aromatic carbocycles. The zero-order valence-electron chi connectivity index (χ0n) is 37.6. The molecule has 0 saturated heterocycles. The Kier molecular flexibility index (Phi) is 46.0. The highest BCUT2D eigenvalue weighted by atomic mass is 16.6. The molecule has 0 aliphatic rings. The van der Waals surface area contributed by atoms with Crippen LogP contribution in [0.2, 0.25) is 0 Å². The summed E-state index contributed by atoms with van der Waals surface area (Å²) in [5, 5.41) is 9.61. The van der Waals surface area contributed by atoms with Crippen molar-refractivity contribution < 1.29 is 24.2 Å². The fraction of sp³-hybridized carbons (Fsp3) is 0.769. The largest absolute Gasteiger partial charge is 0.462 e. The van der Waals surface area contributed by atoms with Crippen molar-refractivity contribution in [1.29, 1.82) is 0 Å². The van der Waals surface area contributed by atoms with E-state index in [2.05, 4.69) is 74.6 Å². The van der Waals surface area contributed by atoms with Crippen LogP contribution in [0.1, 0.15) is 239 Å². The summed E-state index contributed by atoms with van der Waals surface area (Å²) < 4.78 is 10.7. The van der Waals surface area contributed by atoms with Crippen molar-refractivity contribution >= 4 is 11.9 Å². The second-order valence-corrected chi connectivity index (χ2v) is 16.2. The van der Waals surface area contributed by atoms with E-state index in [1.807, 2.05) is 0 Å². The third kappa shape index (κ3) is 46.2. The monoisotopic (exact) mass is 797 g/mol. The van der Waals surface area contributed by atoms with Gasteiger partial charge in [-0.25, -0.2) is 0 Å². The highest BCUT2D eigenvalue weighted by Crippen LogP contribution is 2.16. The van der Waals surface area contributed by atoms with Crippen LogP contribution in [-0.4, -0.2) is 36.4 Å². The van der Waals surface area contributed by atoms with Crippen LogP contribution in [0.25, 0.3) is 0 Å². The van der Waals surface area contributed by atoms with Crippen LogP contribution in [0.5, 0.6) is 0 Å². The Labute approximate surface area is 353 Å². The summed E-state index contributed by atoms with van der Waals surface area (Å²) in [5.74, 6) is -0.587. The van der Waals surface area contributed by atoms with E-state index in [0.29, 0.717) is 12.8 Å². The molecular formula is C52H92O5. The highest BCUT2D eigenvalue weighted by molar-refractivity contribution is 5.70. The second-order valence-electron chi connectivity index (χ2n) is 16.2. The van der Waals surface area contributed by atoms with Gasteiger partial charge in [0.2, 0.25) is 0 Å². The fourth-order valence-electron chi connectivity index (χ4n) is 6.94. The minimum absolute atomic E-state index is 0.0652. The molecule has 0 fully saturated rings. The predicted molar refractivity (Wildman–Crippen MR) is 247 cm³/mol. The maximum absolute atomic E-state index is 12.3. The molecule has 0 amide bonds. The molecule has 1 N–H and O–H groups in total. The Morgan fingerprint density at radius 2 is 0.754 bits per heavy atom. The predicted octanol–water partition coefficient (Wildman–Crippen LogP) is 15.9. The first-order valence-corrected chi connectivity index (χ1v) is 24.3. The van der Waals surface area contributed by atoms with Gasteiger partial charge in [-0.1, -0.05) is 229 Å². The van der Waals surface area contributed by atoms with Gasteiger partial charge in [-0.05, 0) is 57.8 Å². The van der Waals surface area contributed by atoms with E-state index in [0.717, 1.165) is 70.6 Å². The molecule has 330 valence electrons. The SMILES string of the molecule is CC/C=C\C/C=C\C/C=C\C/C=C\C/C=C\CCCCCCCCCCCCCC(=O)OC(CO)COC(=O)CCCCCCCCCCCCCCCCCC. The van der Waals surface area contributed by atoms with E-state index in [1.54, 1.807) is 0 Å². The number of esters is 2. The van der Waals surface area contributed by atoms with Crippen LogP contribution >= 0.6 is 0 Å². The number of aliphatic hydroxyl groups is 1. The van der Waals surface area contributed by atoms with Gasteiger partial charge in [-0.2, -0.15) is 0 Å². The first-order valence-electron chi connectivity index (χ1n) is 24.3. The third-order valence-electron chi connectivity index (χ3n) is 10.6. The standard InChI is InChI=1S/C52H92O5/c1-3-5-7-9-11-13-15-17-19-21-22-23-24-25-26-27-28-29-30-31-33-35-37-39-41-43-45-47-52(55)57-50(48-53)49-56-51(54)46-44-42-40-38-36-34-32-20-18-16-14-12-10-8-6-4-2/h5,7,11,13,17,19,22-23,25-26,50,53H,3-4,6,8-10,12,14-16,18,20-21,24,27-49H2,1-2H3/b7-5-,13-11-,19-17-,23-22-,26-25-. The van der Waals surface area contributed by atoms with Crippen molar-refractivity contribution in [2.24, 2.45) is 0 Å². The van der Waals surface area contributed by atoms with Crippen LogP contribution in [0.4, 0.5) is 0 Å². The van der Waals surface area contributed by atoms with Crippen molar-refractivity contribution in [2.45, 2.75) is 245 Å². The number of ether oxygens (including phenoxy) is 2. The molecule has 0 saturated carbocycles. The first-order chi connectivity index (χ1) is 28.1. The molecular weight excluding hydrogens is 705 g/mol. The van der Waals surface area contributed by atoms with Gasteiger partial charge in [-0.15, -0.1) is 0 Å².